The number of ether oxygens (including phenoxy) is 1. The zero-order valence-corrected chi connectivity index (χ0v) is 24.3. The normalized spacial score (nSPS) is 18.5. The number of fused-ring (bicyclic) bond motifs is 3. The predicted molar refractivity (Wildman–Crippen MR) is 157 cm³/mol. The van der Waals surface area contributed by atoms with Gasteiger partial charge in [-0.1, -0.05) is 78.0 Å². The van der Waals surface area contributed by atoms with Gasteiger partial charge in [0.05, 0.1) is 0 Å². The van der Waals surface area contributed by atoms with Crippen LogP contribution < -0.4 is 4.74 Å². The molecule has 3 heteroatoms. The van der Waals surface area contributed by atoms with E-state index in [2.05, 4.69) is 52.1 Å². The summed E-state index contributed by atoms with van der Waals surface area (Å²) in [5.74, 6) is 2.08. The highest BCUT2D eigenvalue weighted by molar-refractivity contribution is 6.20. The van der Waals surface area contributed by atoms with Crippen molar-refractivity contribution in [1.82, 2.24) is 0 Å². The quantitative estimate of drug-likeness (QED) is 0.379. The van der Waals surface area contributed by atoms with Gasteiger partial charge >= 0.3 is 0 Å². The number of ketones is 2. The van der Waals surface area contributed by atoms with Gasteiger partial charge in [0.1, 0.15) is 12.4 Å². The molecule has 5 rings (SSSR count). The van der Waals surface area contributed by atoms with Crippen LogP contribution in [0.2, 0.25) is 0 Å². The number of rotatable bonds is 5. The second kappa shape index (κ2) is 12.0. The first-order valence-corrected chi connectivity index (χ1v) is 13.7. The summed E-state index contributed by atoms with van der Waals surface area (Å²) in [6.45, 7) is 20.3. The van der Waals surface area contributed by atoms with Crippen molar-refractivity contribution in [2.45, 2.75) is 81.3 Å². The molecule has 3 nitrogen and oxygen atoms in total. The van der Waals surface area contributed by atoms with E-state index in [9.17, 15) is 9.59 Å². The van der Waals surface area contributed by atoms with Crippen LogP contribution in [0.4, 0.5) is 0 Å². The van der Waals surface area contributed by atoms with Gasteiger partial charge in [0, 0.05) is 28.0 Å². The van der Waals surface area contributed by atoms with Crippen molar-refractivity contribution >= 4 is 17.1 Å². The Balaban J connectivity index is 0.000000748. The minimum absolute atomic E-state index is 0.0388. The zero-order valence-electron chi connectivity index (χ0n) is 24.3. The molecule has 0 bridgehead atoms. The van der Waals surface area contributed by atoms with Crippen molar-refractivity contribution in [2.75, 3.05) is 0 Å². The average molecular weight is 510 g/mol. The van der Waals surface area contributed by atoms with Crippen molar-refractivity contribution in [3.05, 3.63) is 105 Å². The van der Waals surface area contributed by atoms with Crippen LogP contribution in [0.25, 0.3) is 5.57 Å². The van der Waals surface area contributed by atoms with Gasteiger partial charge in [-0.2, -0.15) is 0 Å². The van der Waals surface area contributed by atoms with Gasteiger partial charge in [-0.25, -0.2) is 0 Å². The van der Waals surface area contributed by atoms with E-state index in [0.29, 0.717) is 12.2 Å². The molecular formula is C35H41O3. The predicted octanol–water partition coefficient (Wildman–Crippen LogP) is 8.54. The zero-order chi connectivity index (χ0) is 28.2. The van der Waals surface area contributed by atoms with E-state index in [-0.39, 0.29) is 17.0 Å². The van der Waals surface area contributed by atoms with Crippen LogP contribution in [0.5, 0.6) is 5.75 Å². The summed E-state index contributed by atoms with van der Waals surface area (Å²) in [4.78, 5) is 25.0. The van der Waals surface area contributed by atoms with Gasteiger partial charge in [-0.3, -0.25) is 9.59 Å². The van der Waals surface area contributed by atoms with Crippen LogP contribution in [0.3, 0.4) is 0 Å². The Morgan fingerprint density at radius 3 is 2.42 bits per heavy atom. The Kier molecular flexibility index (Phi) is 9.18. The number of Topliss-reactive ketones (excluding diaryl/α,β-unsaturated/α-hetero) is 2. The highest BCUT2D eigenvalue weighted by Gasteiger charge is 2.39. The molecule has 1 atom stereocenters. The molecule has 0 fully saturated rings. The summed E-state index contributed by atoms with van der Waals surface area (Å²) < 4.78 is 6.17. The molecule has 1 radical (unpaired) electrons. The Morgan fingerprint density at radius 1 is 1.11 bits per heavy atom. The highest BCUT2D eigenvalue weighted by atomic mass is 16.5. The third-order valence-electron chi connectivity index (χ3n) is 7.44. The van der Waals surface area contributed by atoms with Gasteiger partial charge in [0.2, 0.25) is 0 Å². The maximum absolute atomic E-state index is 12.5. The number of carbonyl (C=O) groups is 2. The first-order chi connectivity index (χ1) is 18.1. The number of hydrogen-bond acceptors (Lipinski definition) is 3. The smallest absolute Gasteiger partial charge is 0.189 e. The summed E-state index contributed by atoms with van der Waals surface area (Å²) in [7, 11) is 0. The fourth-order valence-electron chi connectivity index (χ4n) is 5.02. The monoisotopic (exact) mass is 509 g/mol. The largest absolute Gasteiger partial charge is 0.489 e. The molecule has 0 amide bonds. The molecule has 0 spiro atoms. The number of allylic oxidation sites excluding steroid dienone is 5. The minimum atomic E-state index is -0.274. The van der Waals surface area contributed by atoms with Crippen LogP contribution in [0, 0.1) is 18.3 Å². The van der Waals surface area contributed by atoms with Gasteiger partial charge < -0.3 is 4.74 Å². The molecule has 0 saturated heterocycles. The minimum Gasteiger partial charge on any atom is -0.489 e. The Hall–Kier alpha value is -3.42. The fourth-order valence-corrected chi connectivity index (χ4v) is 5.02. The second-order valence-electron chi connectivity index (χ2n) is 10.3. The summed E-state index contributed by atoms with van der Waals surface area (Å²) in [6, 6.07) is 9.93. The van der Waals surface area contributed by atoms with E-state index < -0.39 is 0 Å². The van der Waals surface area contributed by atoms with E-state index in [1.807, 2.05) is 51.1 Å². The van der Waals surface area contributed by atoms with Crippen LogP contribution in [0.1, 0.15) is 93.1 Å². The van der Waals surface area contributed by atoms with E-state index in [0.717, 1.165) is 63.1 Å². The molecular weight excluding hydrogens is 468 g/mol. The molecule has 0 aromatic heterocycles. The fraction of sp³-hybridized carbons (Fsp3) is 0.371. The van der Waals surface area contributed by atoms with Gasteiger partial charge in [-0.05, 0) is 79.1 Å². The molecule has 0 aliphatic heterocycles. The summed E-state index contributed by atoms with van der Waals surface area (Å²) in [6.07, 6.45) is 6.92. The Bertz CT molecular complexity index is 1360. The summed E-state index contributed by atoms with van der Waals surface area (Å²) >= 11 is 0. The van der Waals surface area contributed by atoms with E-state index in [4.69, 9.17) is 4.74 Å². The molecule has 38 heavy (non-hydrogen) atoms. The standard InChI is InChI=1S/C30H27O3.C3H8.C2H6/c1-6-17(2)30(5)14-20-7-9-23(13-26(20)28(15-30)19(4)31)33-16-21-8-10-24-25(18(21)3)11-22-12-27(22)29(24)32;1-3-2;1-2/h7-10,12-13,15H,1,11,14,16H2,2-5H3;3H2,1-2H3;1-2H3. The topological polar surface area (TPSA) is 43.4 Å². The second-order valence-corrected chi connectivity index (χ2v) is 10.3. The summed E-state index contributed by atoms with van der Waals surface area (Å²) in [5.41, 5.74) is 11.6. The molecule has 0 saturated carbocycles. The molecule has 2 aromatic rings. The van der Waals surface area contributed by atoms with E-state index in [1.54, 1.807) is 6.92 Å². The van der Waals surface area contributed by atoms with E-state index in [1.165, 1.54) is 12.3 Å². The average Bonchev–Trinajstić information content (AvgIpc) is 3.69. The molecule has 0 heterocycles. The molecule has 1 unspecified atom stereocenters. The lowest BCUT2D eigenvalue weighted by Crippen LogP contribution is -2.24. The Morgan fingerprint density at radius 2 is 1.79 bits per heavy atom. The highest BCUT2D eigenvalue weighted by Crippen LogP contribution is 2.45. The lowest BCUT2D eigenvalue weighted by atomic mass is 9.70. The van der Waals surface area contributed by atoms with Gasteiger partial charge in [0.15, 0.2) is 11.6 Å². The maximum atomic E-state index is 12.5. The lowest BCUT2D eigenvalue weighted by molar-refractivity contribution is -0.111. The molecule has 199 valence electrons. The van der Waals surface area contributed by atoms with Gasteiger partial charge in [-0.15, -0.1) is 5.73 Å². The van der Waals surface area contributed by atoms with Crippen LogP contribution in [-0.4, -0.2) is 11.6 Å². The van der Waals surface area contributed by atoms with Gasteiger partial charge in [0.25, 0.3) is 0 Å². The lowest BCUT2D eigenvalue weighted by Gasteiger charge is -2.33. The first kappa shape index (κ1) is 29.1. The third-order valence-corrected chi connectivity index (χ3v) is 7.44. The summed E-state index contributed by atoms with van der Waals surface area (Å²) in [5, 5.41) is 0. The third kappa shape index (κ3) is 5.69. The Labute approximate surface area is 229 Å². The van der Waals surface area contributed by atoms with Crippen molar-refractivity contribution in [2.24, 2.45) is 5.41 Å². The molecule has 2 aromatic carbocycles. The van der Waals surface area contributed by atoms with Crippen molar-refractivity contribution in [3.63, 3.8) is 0 Å². The van der Waals surface area contributed by atoms with Crippen molar-refractivity contribution in [3.8, 4) is 5.75 Å². The molecule has 3 aliphatic rings. The maximum Gasteiger partial charge on any atom is 0.189 e. The van der Waals surface area contributed by atoms with E-state index >= 15 is 0 Å². The van der Waals surface area contributed by atoms with Crippen molar-refractivity contribution in [1.29, 1.82) is 0 Å². The van der Waals surface area contributed by atoms with Crippen LogP contribution in [0.15, 0.2) is 65.9 Å². The molecule has 3 aliphatic carbocycles. The first-order valence-electron chi connectivity index (χ1n) is 13.7. The van der Waals surface area contributed by atoms with Crippen molar-refractivity contribution < 1.29 is 14.3 Å². The molecule has 0 N–H and O–H groups in total. The van der Waals surface area contributed by atoms with Crippen LogP contribution >= 0.6 is 0 Å². The number of carbonyl (C=O) groups excluding carboxylic acids is 2. The number of hydrogen-bond donors (Lipinski definition) is 0. The number of benzene rings is 2. The SMILES string of the molecule is C=C=C(C)C1(C)C=C(C(C)=O)c2cc(OCc3ccc4c(c3C)C[C]3C=C3C4=O)ccc2C1.CC.CCC. The van der Waals surface area contributed by atoms with Crippen LogP contribution in [-0.2, 0) is 24.2 Å².